The lowest BCUT2D eigenvalue weighted by Crippen LogP contribution is -2.32. The first kappa shape index (κ1) is 17.0. The second-order valence-electron chi connectivity index (χ2n) is 7.29. The number of nitrogens with zero attached hydrogens (tertiary/aromatic N) is 3. The zero-order chi connectivity index (χ0) is 17.9. The number of pyridine rings is 1. The summed E-state index contributed by atoms with van der Waals surface area (Å²) >= 11 is 0. The van der Waals surface area contributed by atoms with E-state index in [1.807, 2.05) is 23.1 Å². The minimum Gasteiger partial charge on any atom is -0.356 e. The number of hydrogen-bond donors (Lipinski definition) is 1. The van der Waals surface area contributed by atoms with Gasteiger partial charge in [-0.25, -0.2) is 4.98 Å². The molecule has 2 N–H and O–H groups in total. The second kappa shape index (κ2) is 7.46. The number of anilines is 1. The molecule has 4 rings (SSSR count). The van der Waals surface area contributed by atoms with Gasteiger partial charge < -0.3 is 15.5 Å². The predicted molar refractivity (Wildman–Crippen MR) is 103 cm³/mol. The van der Waals surface area contributed by atoms with Crippen molar-refractivity contribution in [1.29, 1.82) is 0 Å². The lowest BCUT2D eigenvalue weighted by Gasteiger charge is -2.22. The monoisotopic (exact) mass is 350 g/mol. The Balaban J connectivity index is 1.58. The fourth-order valence-corrected chi connectivity index (χ4v) is 4.27. The Kier molecular flexibility index (Phi) is 4.89. The molecule has 136 valence electrons. The van der Waals surface area contributed by atoms with E-state index in [4.69, 9.17) is 5.73 Å². The summed E-state index contributed by atoms with van der Waals surface area (Å²) in [6.07, 6.45) is 4.11. The van der Waals surface area contributed by atoms with Crippen molar-refractivity contribution in [3.05, 3.63) is 59.8 Å². The smallest absolute Gasteiger partial charge is 0.257 e. The van der Waals surface area contributed by atoms with Crippen molar-refractivity contribution < 1.29 is 4.79 Å². The van der Waals surface area contributed by atoms with Crippen molar-refractivity contribution in [2.24, 2.45) is 11.7 Å². The maximum Gasteiger partial charge on any atom is 0.257 e. The first-order chi connectivity index (χ1) is 12.8. The van der Waals surface area contributed by atoms with Crippen LogP contribution >= 0.6 is 0 Å². The van der Waals surface area contributed by atoms with Gasteiger partial charge in [0.1, 0.15) is 5.82 Å². The number of benzene rings is 1. The van der Waals surface area contributed by atoms with Crippen molar-refractivity contribution in [2.45, 2.75) is 18.8 Å². The van der Waals surface area contributed by atoms with Gasteiger partial charge in [-0.15, -0.1) is 0 Å². The molecule has 2 atom stereocenters. The lowest BCUT2D eigenvalue weighted by atomic mass is 9.89. The number of likely N-dealkylation sites (tertiary alicyclic amines) is 1. The van der Waals surface area contributed by atoms with Gasteiger partial charge in [0.05, 0.1) is 5.56 Å². The molecule has 0 spiro atoms. The molecule has 2 saturated heterocycles. The van der Waals surface area contributed by atoms with Crippen LogP contribution in [0.4, 0.5) is 5.82 Å². The SMILES string of the molecule is NC[C@@H]1CN(C(=O)c2cccnc2N2CCCC2)C[C@H]1c1ccccc1. The van der Waals surface area contributed by atoms with Gasteiger partial charge in [0.25, 0.3) is 5.91 Å². The highest BCUT2D eigenvalue weighted by molar-refractivity contribution is 5.99. The number of carbonyl (C=O) groups is 1. The zero-order valence-corrected chi connectivity index (χ0v) is 15.1. The van der Waals surface area contributed by atoms with Crippen LogP contribution in [0.1, 0.15) is 34.7 Å². The molecule has 3 heterocycles. The average Bonchev–Trinajstić information content (AvgIpc) is 3.38. The first-order valence-corrected chi connectivity index (χ1v) is 9.52. The zero-order valence-electron chi connectivity index (χ0n) is 15.1. The minimum absolute atomic E-state index is 0.0804. The van der Waals surface area contributed by atoms with E-state index in [0.717, 1.165) is 31.0 Å². The van der Waals surface area contributed by atoms with E-state index in [-0.39, 0.29) is 5.91 Å². The molecule has 0 aliphatic carbocycles. The van der Waals surface area contributed by atoms with Gasteiger partial charge >= 0.3 is 0 Å². The van der Waals surface area contributed by atoms with Crippen molar-refractivity contribution >= 4 is 11.7 Å². The summed E-state index contributed by atoms with van der Waals surface area (Å²) in [5, 5.41) is 0. The van der Waals surface area contributed by atoms with Crippen LogP contribution in [-0.4, -0.2) is 48.5 Å². The molecule has 1 aromatic heterocycles. The Bertz CT molecular complexity index is 758. The molecule has 1 aromatic carbocycles. The third-order valence-corrected chi connectivity index (χ3v) is 5.68. The molecule has 1 amide bonds. The summed E-state index contributed by atoms with van der Waals surface area (Å²) in [4.78, 5) is 22.0. The van der Waals surface area contributed by atoms with Crippen molar-refractivity contribution in [1.82, 2.24) is 9.88 Å². The highest BCUT2D eigenvalue weighted by atomic mass is 16.2. The van der Waals surface area contributed by atoms with Crippen LogP contribution in [0, 0.1) is 5.92 Å². The van der Waals surface area contributed by atoms with Crippen molar-refractivity contribution in [3.63, 3.8) is 0 Å². The van der Waals surface area contributed by atoms with Crippen LogP contribution in [0.5, 0.6) is 0 Å². The van der Waals surface area contributed by atoms with Gasteiger partial charge in [-0.3, -0.25) is 4.79 Å². The summed E-state index contributed by atoms with van der Waals surface area (Å²) in [6.45, 7) is 3.99. The standard InChI is InChI=1S/C21H26N4O/c22-13-17-14-25(15-19(17)16-7-2-1-3-8-16)21(26)18-9-6-10-23-20(18)24-11-4-5-12-24/h1-3,6-10,17,19H,4-5,11-15,22H2/t17-,19+/m1/s1. The van der Waals surface area contributed by atoms with Crippen LogP contribution in [0.15, 0.2) is 48.7 Å². The highest BCUT2D eigenvalue weighted by Gasteiger charge is 2.36. The van der Waals surface area contributed by atoms with Crippen LogP contribution < -0.4 is 10.6 Å². The highest BCUT2D eigenvalue weighted by Crippen LogP contribution is 2.34. The molecule has 0 saturated carbocycles. The van der Waals surface area contributed by atoms with Gasteiger partial charge in [-0.2, -0.15) is 0 Å². The summed E-state index contributed by atoms with van der Waals surface area (Å²) in [5.41, 5.74) is 8.02. The van der Waals surface area contributed by atoms with Gasteiger partial charge in [0.15, 0.2) is 0 Å². The second-order valence-corrected chi connectivity index (χ2v) is 7.29. The van der Waals surface area contributed by atoms with E-state index in [9.17, 15) is 4.79 Å². The van der Waals surface area contributed by atoms with Gasteiger partial charge in [-0.1, -0.05) is 30.3 Å². The third kappa shape index (κ3) is 3.19. The molecule has 2 fully saturated rings. The van der Waals surface area contributed by atoms with E-state index in [2.05, 4.69) is 34.1 Å². The van der Waals surface area contributed by atoms with E-state index in [0.29, 0.717) is 24.9 Å². The van der Waals surface area contributed by atoms with E-state index < -0.39 is 0 Å². The molecule has 26 heavy (non-hydrogen) atoms. The third-order valence-electron chi connectivity index (χ3n) is 5.68. The fraction of sp³-hybridized carbons (Fsp3) is 0.429. The number of hydrogen-bond acceptors (Lipinski definition) is 4. The van der Waals surface area contributed by atoms with Crippen LogP contribution in [0.3, 0.4) is 0 Å². The van der Waals surface area contributed by atoms with Gasteiger partial charge in [0.2, 0.25) is 0 Å². The molecule has 5 nitrogen and oxygen atoms in total. The number of rotatable bonds is 4. The summed E-state index contributed by atoms with van der Waals surface area (Å²) < 4.78 is 0. The topological polar surface area (TPSA) is 62.5 Å². The Morgan fingerprint density at radius 1 is 1.08 bits per heavy atom. The Labute approximate surface area is 154 Å². The van der Waals surface area contributed by atoms with E-state index >= 15 is 0 Å². The molecule has 2 aliphatic heterocycles. The summed E-state index contributed by atoms with van der Waals surface area (Å²) in [5.74, 6) is 1.52. The Morgan fingerprint density at radius 2 is 1.85 bits per heavy atom. The minimum atomic E-state index is 0.0804. The molecule has 0 unspecified atom stereocenters. The first-order valence-electron chi connectivity index (χ1n) is 9.52. The van der Waals surface area contributed by atoms with Crippen molar-refractivity contribution in [3.8, 4) is 0 Å². The van der Waals surface area contributed by atoms with Crippen LogP contribution in [0.2, 0.25) is 0 Å². The number of nitrogens with two attached hydrogens (primary N) is 1. The van der Waals surface area contributed by atoms with Gasteiger partial charge in [0, 0.05) is 38.3 Å². The van der Waals surface area contributed by atoms with Gasteiger partial charge in [-0.05, 0) is 43.0 Å². The summed E-state index contributed by atoms with van der Waals surface area (Å²) in [6, 6.07) is 14.2. The van der Waals surface area contributed by atoms with E-state index in [1.54, 1.807) is 6.20 Å². The maximum atomic E-state index is 13.3. The van der Waals surface area contributed by atoms with Crippen LogP contribution in [-0.2, 0) is 0 Å². The molecule has 0 bridgehead atoms. The average molecular weight is 350 g/mol. The normalized spacial score (nSPS) is 22.8. The fourth-order valence-electron chi connectivity index (χ4n) is 4.27. The maximum absolute atomic E-state index is 13.3. The number of carbonyl (C=O) groups excluding carboxylic acids is 1. The molecule has 0 radical (unpaired) electrons. The quantitative estimate of drug-likeness (QED) is 0.920. The predicted octanol–water partition coefficient (Wildman–Crippen LogP) is 2.50. The molecule has 2 aliphatic rings. The Hall–Kier alpha value is -2.40. The van der Waals surface area contributed by atoms with E-state index in [1.165, 1.54) is 18.4 Å². The Morgan fingerprint density at radius 3 is 2.58 bits per heavy atom. The number of aromatic nitrogens is 1. The molecular formula is C21H26N4O. The summed E-state index contributed by atoms with van der Waals surface area (Å²) in [7, 11) is 0. The molecular weight excluding hydrogens is 324 g/mol. The molecule has 5 heteroatoms. The molecule has 2 aromatic rings. The van der Waals surface area contributed by atoms with Crippen molar-refractivity contribution in [2.75, 3.05) is 37.6 Å². The van der Waals surface area contributed by atoms with Crippen LogP contribution in [0.25, 0.3) is 0 Å². The largest absolute Gasteiger partial charge is 0.356 e. The lowest BCUT2D eigenvalue weighted by molar-refractivity contribution is 0.0786. The number of amides is 1.